The van der Waals surface area contributed by atoms with Crippen molar-refractivity contribution >= 4 is 23.4 Å². The van der Waals surface area contributed by atoms with Crippen molar-refractivity contribution in [2.75, 3.05) is 25.0 Å². The van der Waals surface area contributed by atoms with Crippen molar-refractivity contribution in [2.45, 2.75) is 26.2 Å². The number of rotatable bonds is 8. The van der Waals surface area contributed by atoms with Crippen molar-refractivity contribution in [3.05, 3.63) is 30.3 Å². The predicted molar refractivity (Wildman–Crippen MR) is 85.4 cm³/mol. The molecule has 0 unspecified atom stereocenters. The van der Waals surface area contributed by atoms with Gasteiger partial charge in [0.25, 0.3) is 0 Å². The summed E-state index contributed by atoms with van der Waals surface area (Å²) in [6, 6.07) is 9.38. The first-order valence-corrected chi connectivity index (χ1v) is 7.33. The molecule has 0 spiro atoms. The molecule has 0 aromatic heterocycles. The standard InChI is InChI=1S/C16H23N3O3/c1-13(20)17-11-12-18-15(21)9-6-10-16(22)19(2)14-7-4-3-5-8-14/h3-5,7-8H,6,9-12H2,1-2H3,(H,17,20)(H,18,21). The fraction of sp³-hybridized carbons (Fsp3) is 0.438. The Morgan fingerprint density at radius 1 is 1.00 bits per heavy atom. The summed E-state index contributed by atoms with van der Waals surface area (Å²) in [6.45, 7) is 2.24. The zero-order valence-electron chi connectivity index (χ0n) is 13.1. The van der Waals surface area contributed by atoms with Gasteiger partial charge >= 0.3 is 0 Å². The molecule has 1 aromatic carbocycles. The van der Waals surface area contributed by atoms with Gasteiger partial charge in [0.1, 0.15) is 0 Å². The molecule has 22 heavy (non-hydrogen) atoms. The first kappa shape index (κ1) is 17.7. The van der Waals surface area contributed by atoms with Crippen LogP contribution in [0.3, 0.4) is 0 Å². The lowest BCUT2D eigenvalue weighted by Gasteiger charge is -2.17. The number of anilines is 1. The molecule has 0 radical (unpaired) electrons. The van der Waals surface area contributed by atoms with E-state index in [0.717, 1.165) is 5.69 Å². The minimum absolute atomic E-state index is 0.0164. The van der Waals surface area contributed by atoms with Gasteiger partial charge in [-0.1, -0.05) is 18.2 Å². The Labute approximate surface area is 130 Å². The van der Waals surface area contributed by atoms with Crippen LogP contribution in [0, 0.1) is 0 Å². The summed E-state index contributed by atoms with van der Waals surface area (Å²) in [5.74, 6) is -0.249. The van der Waals surface area contributed by atoms with E-state index in [2.05, 4.69) is 10.6 Å². The van der Waals surface area contributed by atoms with Gasteiger partial charge in [-0.15, -0.1) is 0 Å². The third-order valence-electron chi connectivity index (χ3n) is 3.13. The fourth-order valence-electron chi connectivity index (χ4n) is 1.89. The molecular weight excluding hydrogens is 282 g/mol. The van der Waals surface area contributed by atoms with E-state index in [1.807, 2.05) is 30.3 Å². The van der Waals surface area contributed by atoms with Crippen molar-refractivity contribution in [3.8, 4) is 0 Å². The number of hydrogen-bond donors (Lipinski definition) is 2. The average molecular weight is 305 g/mol. The third-order valence-corrected chi connectivity index (χ3v) is 3.13. The van der Waals surface area contributed by atoms with Gasteiger partial charge in [-0.2, -0.15) is 0 Å². The van der Waals surface area contributed by atoms with Crippen LogP contribution in [0.5, 0.6) is 0 Å². The van der Waals surface area contributed by atoms with Gasteiger partial charge in [0, 0.05) is 45.6 Å². The van der Waals surface area contributed by atoms with Gasteiger partial charge < -0.3 is 15.5 Å². The normalized spacial score (nSPS) is 9.91. The Kier molecular flexibility index (Phi) is 7.67. The Hall–Kier alpha value is -2.37. The Bertz CT molecular complexity index is 503. The van der Waals surface area contributed by atoms with Gasteiger partial charge in [0.2, 0.25) is 17.7 Å². The number of benzene rings is 1. The van der Waals surface area contributed by atoms with Crippen LogP contribution in [0.2, 0.25) is 0 Å². The molecule has 0 aliphatic rings. The molecule has 0 aliphatic carbocycles. The SMILES string of the molecule is CC(=O)NCCNC(=O)CCCC(=O)N(C)c1ccccc1. The molecule has 0 saturated heterocycles. The van der Waals surface area contributed by atoms with Crippen LogP contribution in [0.4, 0.5) is 5.69 Å². The number of para-hydroxylation sites is 1. The van der Waals surface area contributed by atoms with E-state index >= 15 is 0 Å². The van der Waals surface area contributed by atoms with E-state index in [1.165, 1.54) is 6.92 Å². The molecular formula is C16H23N3O3. The highest BCUT2D eigenvalue weighted by Gasteiger charge is 2.11. The van der Waals surface area contributed by atoms with Crippen LogP contribution >= 0.6 is 0 Å². The molecule has 1 aromatic rings. The monoisotopic (exact) mass is 305 g/mol. The summed E-state index contributed by atoms with van der Waals surface area (Å²) in [7, 11) is 1.73. The zero-order chi connectivity index (χ0) is 16.4. The van der Waals surface area contributed by atoms with Crippen LogP contribution in [-0.4, -0.2) is 37.9 Å². The third kappa shape index (κ3) is 6.88. The first-order valence-electron chi connectivity index (χ1n) is 7.33. The summed E-state index contributed by atoms with van der Waals surface area (Å²) < 4.78 is 0. The Morgan fingerprint density at radius 3 is 2.27 bits per heavy atom. The van der Waals surface area contributed by atoms with Gasteiger partial charge in [-0.3, -0.25) is 14.4 Å². The lowest BCUT2D eigenvalue weighted by molar-refractivity contribution is -0.122. The Balaban J connectivity index is 2.19. The first-order chi connectivity index (χ1) is 10.5. The maximum atomic E-state index is 12.0. The van der Waals surface area contributed by atoms with Crippen molar-refractivity contribution in [1.29, 1.82) is 0 Å². The fourth-order valence-corrected chi connectivity index (χ4v) is 1.89. The minimum Gasteiger partial charge on any atom is -0.355 e. The smallest absolute Gasteiger partial charge is 0.226 e. The summed E-state index contributed by atoms with van der Waals surface area (Å²) in [5, 5.41) is 5.29. The van der Waals surface area contributed by atoms with Gasteiger partial charge in [0.05, 0.1) is 0 Å². The second-order valence-electron chi connectivity index (χ2n) is 4.97. The molecule has 2 N–H and O–H groups in total. The van der Waals surface area contributed by atoms with E-state index < -0.39 is 0 Å². The van der Waals surface area contributed by atoms with Crippen LogP contribution < -0.4 is 15.5 Å². The molecule has 1 rings (SSSR count). The van der Waals surface area contributed by atoms with Crippen LogP contribution in [0.1, 0.15) is 26.2 Å². The number of nitrogens with one attached hydrogen (secondary N) is 2. The molecule has 3 amide bonds. The lowest BCUT2D eigenvalue weighted by atomic mass is 10.2. The van der Waals surface area contributed by atoms with Crippen molar-refractivity contribution in [2.24, 2.45) is 0 Å². The predicted octanol–water partition coefficient (Wildman–Crippen LogP) is 1.07. The van der Waals surface area contributed by atoms with E-state index in [9.17, 15) is 14.4 Å². The Morgan fingerprint density at radius 2 is 1.64 bits per heavy atom. The second kappa shape index (κ2) is 9.55. The summed E-state index contributed by atoms with van der Waals surface area (Å²) >= 11 is 0. The quantitative estimate of drug-likeness (QED) is 0.705. The molecule has 6 heteroatoms. The maximum absolute atomic E-state index is 12.0. The van der Waals surface area contributed by atoms with Crippen molar-refractivity contribution < 1.29 is 14.4 Å². The molecule has 0 bridgehead atoms. The van der Waals surface area contributed by atoms with Gasteiger partial charge in [-0.25, -0.2) is 0 Å². The highest BCUT2D eigenvalue weighted by atomic mass is 16.2. The van der Waals surface area contributed by atoms with Crippen molar-refractivity contribution in [1.82, 2.24) is 10.6 Å². The number of hydrogen-bond acceptors (Lipinski definition) is 3. The van der Waals surface area contributed by atoms with Crippen LogP contribution in [-0.2, 0) is 14.4 Å². The summed E-state index contributed by atoms with van der Waals surface area (Å²) in [6.07, 6.45) is 1.13. The topological polar surface area (TPSA) is 78.5 Å². The van der Waals surface area contributed by atoms with Crippen LogP contribution in [0.15, 0.2) is 30.3 Å². The van der Waals surface area contributed by atoms with E-state index in [0.29, 0.717) is 32.4 Å². The second-order valence-corrected chi connectivity index (χ2v) is 4.97. The molecule has 120 valence electrons. The molecule has 0 heterocycles. The number of amides is 3. The van der Waals surface area contributed by atoms with Gasteiger partial charge in [-0.05, 0) is 18.6 Å². The van der Waals surface area contributed by atoms with Crippen molar-refractivity contribution in [3.63, 3.8) is 0 Å². The van der Waals surface area contributed by atoms with E-state index in [1.54, 1.807) is 11.9 Å². The highest BCUT2D eigenvalue weighted by Crippen LogP contribution is 2.13. The largest absolute Gasteiger partial charge is 0.355 e. The molecule has 6 nitrogen and oxygen atoms in total. The number of nitrogens with zero attached hydrogens (tertiary/aromatic N) is 1. The molecule has 0 saturated carbocycles. The summed E-state index contributed by atoms with van der Waals surface area (Å²) in [4.78, 5) is 35.8. The molecule has 0 aliphatic heterocycles. The highest BCUT2D eigenvalue weighted by molar-refractivity contribution is 5.92. The summed E-state index contributed by atoms with van der Waals surface area (Å²) in [5.41, 5.74) is 0.840. The number of carbonyl (C=O) groups is 3. The maximum Gasteiger partial charge on any atom is 0.226 e. The van der Waals surface area contributed by atoms with Gasteiger partial charge in [0.15, 0.2) is 0 Å². The van der Waals surface area contributed by atoms with Crippen LogP contribution in [0.25, 0.3) is 0 Å². The lowest BCUT2D eigenvalue weighted by Crippen LogP contribution is -2.33. The zero-order valence-corrected chi connectivity index (χ0v) is 13.1. The van der Waals surface area contributed by atoms with E-state index in [4.69, 9.17) is 0 Å². The number of carbonyl (C=O) groups excluding carboxylic acids is 3. The minimum atomic E-state index is -0.121. The van der Waals surface area contributed by atoms with E-state index in [-0.39, 0.29) is 17.7 Å². The molecule has 0 atom stereocenters. The molecule has 0 fully saturated rings. The average Bonchev–Trinajstić information content (AvgIpc) is 2.51.